The summed E-state index contributed by atoms with van der Waals surface area (Å²) in [6.45, 7) is 5.31. The van der Waals surface area contributed by atoms with Crippen molar-refractivity contribution in [3.05, 3.63) is 48.0 Å². The molecule has 1 saturated heterocycles. The number of fused-ring (bicyclic) bond motifs is 2. The zero-order valence-corrected chi connectivity index (χ0v) is 15.8. The van der Waals surface area contributed by atoms with Crippen molar-refractivity contribution in [1.82, 2.24) is 0 Å². The van der Waals surface area contributed by atoms with E-state index in [0.717, 1.165) is 16.3 Å². The number of hydrogen-bond donors (Lipinski definition) is 1. The maximum atomic E-state index is 12.8. The largest absolute Gasteiger partial charge is 0.466 e. The van der Waals surface area contributed by atoms with Gasteiger partial charge in [0.1, 0.15) is 5.92 Å². The molecule has 0 amide bonds. The number of hydrogen-bond acceptors (Lipinski definition) is 5. The summed E-state index contributed by atoms with van der Waals surface area (Å²) in [4.78, 5) is 25.3. The van der Waals surface area contributed by atoms with Crippen molar-refractivity contribution in [3.63, 3.8) is 0 Å². The summed E-state index contributed by atoms with van der Waals surface area (Å²) in [5.41, 5.74) is -1.39. The van der Waals surface area contributed by atoms with Crippen LogP contribution in [0.4, 0.5) is 0 Å². The summed E-state index contributed by atoms with van der Waals surface area (Å²) in [6.07, 6.45) is 0.264. The number of esters is 2. The van der Waals surface area contributed by atoms with Gasteiger partial charge in [0.2, 0.25) is 0 Å². The Morgan fingerprint density at radius 1 is 1.26 bits per heavy atom. The van der Waals surface area contributed by atoms with Crippen LogP contribution >= 0.6 is 0 Å². The van der Waals surface area contributed by atoms with Crippen LogP contribution in [0.25, 0.3) is 10.8 Å². The minimum atomic E-state index is -1.25. The number of carbonyl (C=O) groups is 2. The summed E-state index contributed by atoms with van der Waals surface area (Å²) in [5, 5.41) is 12.8. The molecule has 0 radical (unpaired) electrons. The molecule has 5 nitrogen and oxygen atoms in total. The molecule has 1 saturated carbocycles. The van der Waals surface area contributed by atoms with Crippen LogP contribution in [0.1, 0.15) is 38.7 Å². The minimum absolute atomic E-state index is 0.264. The molecule has 27 heavy (non-hydrogen) atoms. The first kappa shape index (κ1) is 18.0. The summed E-state index contributed by atoms with van der Waals surface area (Å²) in [6, 6.07) is 13.8. The van der Waals surface area contributed by atoms with Gasteiger partial charge in [0.05, 0.1) is 18.1 Å². The Bertz CT molecular complexity index is 907. The molecular formula is C22H24O5. The third-order valence-corrected chi connectivity index (χ3v) is 6.16. The first-order valence-corrected chi connectivity index (χ1v) is 9.39. The zero-order valence-electron chi connectivity index (χ0n) is 15.8. The highest BCUT2D eigenvalue weighted by Gasteiger charge is 2.73. The van der Waals surface area contributed by atoms with E-state index in [4.69, 9.17) is 9.47 Å². The zero-order chi connectivity index (χ0) is 19.4. The molecule has 142 valence electrons. The number of aliphatic hydroxyl groups is 1. The Labute approximate surface area is 158 Å². The van der Waals surface area contributed by atoms with Crippen molar-refractivity contribution in [2.24, 2.45) is 11.8 Å². The summed E-state index contributed by atoms with van der Waals surface area (Å²) in [5.74, 6) is -2.20. The molecule has 2 fully saturated rings. The van der Waals surface area contributed by atoms with Gasteiger partial charge in [0, 0.05) is 12.3 Å². The lowest BCUT2D eigenvalue weighted by molar-refractivity contribution is -0.250. The predicted octanol–water partition coefficient (Wildman–Crippen LogP) is 3.19. The molecule has 0 bridgehead atoms. The van der Waals surface area contributed by atoms with Crippen LogP contribution < -0.4 is 0 Å². The maximum Gasteiger partial charge on any atom is 0.314 e. The predicted molar refractivity (Wildman–Crippen MR) is 100 cm³/mol. The van der Waals surface area contributed by atoms with Gasteiger partial charge in [0.15, 0.2) is 5.60 Å². The third-order valence-electron chi connectivity index (χ3n) is 6.16. The molecule has 1 aliphatic heterocycles. The molecule has 0 aromatic heterocycles. The van der Waals surface area contributed by atoms with E-state index in [-0.39, 0.29) is 30.9 Å². The van der Waals surface area contributed by atoms with E-state index in [1.165, 1.54) is 0 Å². The molecule has 2 aromatic carbocycles. The average Bonchev–Trinajstić information content (AvgIpc) is 2.91. The van der Waals surface area contributed by atoms with E-state index in [1.807, 2.05) is 42.5 Å². The Morgan fingerprint density at radius 2 is 1.96 bits per heavy atom. The minimum Gasteiger partial charge on any atom is -0.466 e. The van der Waals surface area contributed by atoms with E-state index in [1.54, 1.807) is 20.8 Å². The molecule has 1 N–H and O–H groups in total. The van der Waals surface area contributed by atoms with Crippen LogP contribution in [0.15, 0.2) is 42.5 Å². The van der Waals surface area contributed by atoms with Gasteiger partial charge >= 0.3 is 11.9 Å². The van der Waals surface area contributed by atoms with Gasteiger partial charge in [0.25, 0.3) is 0 Å². The number of benzene rings is 2. The van der Waals surface area contributed by atoms with Crippen LogP contribution in [-0.2, 0) is 19.1 Å². The molecule has 0 unspecified atom stereocenters. The molecule has 1 aliphatic carbocycles. The van der Waals surface area contributed by atoms with E-state index < -0.39 is 23.0 Å². The molecule has 5 heteroatoms. The lowest BCUT2D eigenvalue weighted by atomic mass is 9.69. The van der Waals surface area contributed by atoms with Gasteiger partial charge in [-0.15, -0.1) is 0 Å². The fraction of sp³-hybridized carbons (Fsp3) is 0.455. The maximum absolute atomic E-state index is 12.8. The van der Waals surface area contributed by atoms with Gasteiger partial charge in [-0.05, 0) is 37.1 Å². The lowest BCUT2D eigenvalue weighted by Gasteiger charge is -2.51. The first-order valence-electron chi connectivity index (χ1n) is 9.39. The summed E-state index contributed by atoms with van der Waals surface area (Å²) >= 11 is 0. The normalized spacial score (nSPS) is 29.8. The molecule has 2 aromatic rings. The van der Waals surface area contributed by atoms with E-state index in [0.29, 0.717) is 0 Å². The number of rotatable bonds is 4. The van der Waals surface area contributed by atoms with Crippen LogP contribution in [0.5, 0.6) is 0 Å². The molecule has 0 spiro atoms. The standard InChI is InChI=1S/C22H24O5/c1-4-26-19(23)16-12-22(21(2,3)25)18(20(24)27-22)17(16)15-11-7-9-13-8-5-6-10-14(13)15/h5-11,16-18,25H,4,12H2,1-3H3/t16-,17-,18-,22-/m1/s1. The van der Waals surface area contributed by atoms with Crippen LogP contribution in [0.3, 0.4) is 0 Å². The Balaban J connectivity index is 1.89. The van der Waals surface area contributed by atoms with Gasteiger partial charge in [-0.25, -0.2) is 0 Å². The molecule has 4 atom stereocenters. The van der Waals surface area contributed by atoms with E-state index >= 15 is 0 Å². The fourth-order valence-electron chi connectivity index (χ4n) is 4.90. The van der Waals surface area contributed by atoms with Gasteiger partial charge < -0.3 is 14.6 Å². The van der Waals surface area contributed by atoms with Crippen molar-refractivity contribution in [1.29, 1.82) is 0 Å². The average molecular weight is 368 g/mol. The molecule has 4 rings (SSSR count). The van der Waals surface area contributed by atoms with Crippen LogP contribution in [-0.4, -0.2) is 34.9 Å². The second kappa shape index (κ2) is 6.06. The Morgan fingerprint density at radius 3 is 2.63 bits per heavy atom. The number of carbonyl (C=O) groups excluding carboxylic acids is 2. The highest BCUT2D eigenvalue weighted by molar-refractivity contribution is 5.91. The fourth-order valence-corrected chi connectivity index (χ4v) is 4.90. The van der Waals surface area contributed by atoms with Crippen molar-refractivity contribution in [2.75, 3.05) is 6.61 Å². The number of ether oxygens (including phenoxy) is 2. The van der Waals surface area contributed by atoms with Gasteiger partial charge in [-0.1, -0.05) is 42.5 Å². The molecule has 1 heterocycles. The third kappa shape index (κ3) is 2.48. The topological polar surface area (TPSA) is 72.8 Å². The van der Waals surface area contributed by atoms with Gasteiger partial charge in [-0.2, -0.15) is 0 Å². The monoisotopic (exact) mass is 368 g/mol. The van der Waals surface area contributed by atoms with Crippen LogP contribution in [0.2, 0.25) is 0 Å². The van der Waals surface area contributed by atoms with Crippen molar-refractivity contribution >= 4 is 22.7 Å². The second-order valence-corrected chi connectivity index (χ2v) is 8.00. The Hall–Kier alpha value is -2.40. The van der Waals surface area contributed by atoms with E-state index in [2.05, 4.69) is 0 Å². The van der Waals surface area contributed by atoms with Crippen molar-refractivity contribution in [3.8, 4) is 0 Å². The van der Waals surface area contributed by atoms with Crippen molar-refractivity contribution in [2.45, 2.75) is 44.3 Å². The summed E-state index contributed by atoms with van der Waals surface area (Å²) < 4.78 is 10.9. The highest BCUT2D eigenvalue weighted by atomic mass is 16.6. The van der Waals surface area contributed by atoms with Crippen molar-refractivity contribution < 1.29 is 24.2 Å². The van der Waals surface area contributed by atoms with E-state index in [9.17, 15) is 14.7 Å². The second-order valence-electron chi connectivity index (χ2n) is 8.00. The van der Waals surface area contributed by atoms with Crippen LogP contribution in [0, 0.1) is 11.8 Å². The first-order chi connectivity index (χ1) is 12.8. The quantitative estimate of drug-likeness (QED) is 0.839. The highest BCUT2D eigenvalue weighted by Crippen LogP contribution is 2.62. The Kier molecular flexibility index (Phi) is 4.04. The molecular weight excluding hydrogens is 344 g/mol. The lowest BCUT2D eigenvalue weighted by Crippen LogP contribution is -2.66. The van der Waals surface area contributed by atoms with Gasteiger partial charge in [-0.3, -0.25) is 9.59 Å². The summed E-state index contributed by atoms with van der Waals surface area (Å²) in [7, 11) is 0. The SMILES string of the molecule is CCOC(=O)[C@@H]1C[C@@]2(C(C)(C)O)OC(=O)[C@H]2[C@@H]1c1cccc2ccccc12. The molecule has 2 aliphatic rings. The smallest absolute Gasteiger partial charge is 0.314 e.